The van der Waals surface area contributed by atoms with Crippen molar-refractivity contribution in [3.8, 4) is 6.07 Å². The predicted octanol–water partition coefficient (Wildman–Crippen LogP) is 3.04. The van der Waals surface area contributed by atoms with E-state index in [4.69, 9.17) is 5.26 Å². The van der Waals surface area contributed by atoms with Gasteiger partial charge in [-0.15, -0.1) is 0 Å². The first-order valence-electron chi connectivity index (χ1n) is 5.05. The molecule has 0 aliphatic carbocycles. The molecule has 0 amide bonds. The summed E-state index contributed by atoms with van der Waals surface area (Å²) in [5.41, 5.74) is 2.76. The molecule has 2 nitrogen and oxygen atoms in total. The van der Waals surface area contributed by atoms with Gasteiger partial charge in [0.1, 0.15) is 0 Å². The SMILES string of the molecule is Cc1cccc(C)c1C(=O)CC(C)C#N. The van der Waals surface area contributed by atoms with E-state index in [0.29, 0.717) is 6.42 Å². The quantitative estimate of drug-likeness (QED) is 0.705. The van der Waals surface area contributed by atoms with Crippen molar-refractivity contribution >= 4 is 5.78 Å². The standard InChI is InChI=1S/C13H15NO/c1-9(8-14)7-12(15)13-10(2)5-4-6-11(13)3/h4-6,9H,7H2,1-3H3. The Hall–Kier alpha value is -1.62. The van der Waals surface area contributed by atoms with Crippen LogP contribution in [0.15, 0.2) is 18.2 Å². The van der Waals surface area contributed by atoms with Gasteiger partial charge in [-0.25, -0.2) is 0 Å². The zero-order valence-electron chi connectivity index (χ0n) is 9.37. The Balaban J connectivity index is 2.97. The van der Waals surface area contributed by atoms with Gasteiger partial charge in [0.15, 0.2) is 5.78 Å². The Kier molecular flexibility index (Phi) is 3.62. The van der Waals surface area contributed by atoms with Crippen molar-refractivity contribution in [3.05, 3.63) is 34.9 Å². The minimum absolute atomic E-state index is 0.0691. The number of hydrogen-bond donors (Lipinski definition) is 0. The van der Waals surface area contributed by atoms with E-state index in [0.717, 1.165) is 16.7 Å². The maximum atomic E-state index is 11.9. The van der Waals surface area contributed by atoms with E-state index in [9.17, 15) is 4.79 Å². The van der Waals surface area contributed by atoms with Crippen molar-refractivity contribution in [2.75, 3.05) is 0 Å². The number of carbonyl (C=O) groups excluding carboxylic acids is 1. The molecule has 0 saturated heterocycles. The van der Waals surface area contributed by atoms with E-state index in [-0.39, 0.29) is 11.7 Å². The highest BCUT2D eigenvalue weighted by molar-refractivity contribution is 5.99. The molecule has 1 atom stereocenters. The van der Waals surface area contributed by atoms with Crippen LogP contribution in [0.25, 0.3) is 0 Å². The second kappa shape index (κ2) is 4.75. The fourth-order valence-electron chi connectivity index (χ4n) is 1.68. The summed E-state index contributed by atoms with van der Waals surface area (Å²) in [6.45, 7) is 5.63. The van der Waals surface area contributed by atoms with Gasteiger partial charge in [0.05, 0.1) is 12.0 Å². The predicted molar refractivity (Wildman–Crippen MR) is 59.6 cm³/mol. The molecule has 0 fully saturated rings. The van der Waals surface area contributed by atoms with Crippen LogP contribution in [0.4, 0.5) is 0 Å². The maximum absolute atomic E-state index is 11.9. The Morgan fingerprint density at radius 3 is 2.40 bits per heavy atom. The molecule has 1 aromatic carbocycles. The van der Waals surface area contributed by atoms with Gasteiger partial charge in [0.2, 0.25) is 0 Å². The minimum Gasteiger partial charge on any atom is -0.294 e. The zero-order chi connectivity index (χ0) is 11.4. The van der Waals surface area contributed by atoms with Crippen LogP contribution < -0.4 is 0 Å². The lowest BCUT2D eigenvalue weighted by Gasteiger charge is -2.08. The molecule has 0 aromatic heterocycles. The molecule has 0 radical (unpaired) electrons. The first-order valence-corrected chi connectivity index (χ1v) is 5.05. The maximum Gasteiger partial charge on any atom is 0.164 e. The number of hydrogen-bond acceptors (Lipinski definition) is 2. The van der Waals surface area contributed by atoms with Crippen LogP contribution in [0.5, 0.6) is 0 Å². The number of Topliss-reactive ketones (excluding diaryl/α,β-unsaturated/α-hetero) is 1. The summed E-state index contributed by atoms with van der Waals surface area (Å²) in [5, 5.41) is 8.67. The second-order valence-electron chi connectivity index (χ2n) is 3.92. The summed E-state index contributed by atoms with van der Waals surface area (Å²) in [6.07, 6.45) is 0.308. The second-order valence-corrected chi connectivity index (χ2v) is 3.92. The normalized spacial score (nSPS) is 11.9. The largest absolute Gasteiger partial charge is 0.294 e. The number of aryl methyl sites for hydroxylation is 2. The molecular weight excluding hydrogens is 186 g/mol. The number of benzene rings is 1. The number of nitrogens with zero attached hydrogens (tertiary/aromatic N) is 1. The van der Waals surface area contributed by atoms with Gasteiger partial charge >= 0.3 is 0 Å². The van der Waals surface area contributed by atoms with Crippen LogP contribution in [0.2, 0.25) is 0 Å². The van der Waals surface area contributed by atoms with Crippen molar-refractivity contribution in [1.29, 1.82) is 5.26 Å². The summed E-state index contributed by atoms with van der Waals surface area (Å²) in [6, 6.07) is 7.88. The molecule has 1 rings (SSSR count). The number of rotatable bonds is 3. The molecule has 0 spiro atoms. The van der Waals surface area contributed by atoms with Gasteiger partial charge in [0, 0.05) is 12.0 Å². The Bertz CT molecular complexity index is 395. The zero-order valence-corrected chi connectivity index (χ0v) is 9.37. The van der Waals surface area contributed by atoms with Crippen molar-refractivity contribution in [1.82, 2.24) is 0 Å². The van der Waals surface area contributed by atoms with Gasteiger partial charge < -0.3 is 0 Å². The number of carbonyl (C=O) groups is 1. The monoisotopic (exact) mass is 201 g/mol. The van der Waals surface area contributed by atoms with Crippen molar-refractivity contribution in [2.45, 2.75) is 27.2 Å². The average Bonchev–Trinajstić information content (AvgIpc) is 2.17. The number of ketones is 1. The summed E-state index contributed by atoms with van der Waals surface area (Å²) in [5.74, 6) is -0.142. The number of nitriles is 1. The molecular formula is C13H15NO. The molecule has 0 aliphatic rings. The minimum atomic E-state index is -0.212. The van der Waals surface area contributed by atoms with Crippen LogP contribution in [0.3, 0.4) is 0 Å². The van der Waals surface area contributed by atoms with Gasteiger partial charge in [0.25, 0.3) is 0 Å². The van der Waals surface area contributed by atoms with E-state index in [1.54, 1.807) is 6.92 Å². The lowest BCUT2D eigenvalue weighted by molar-refractivity contribution is 0.0971. The van der Waals surface area contributed by atoms with Crippen LogP contribution in [0.1, 0.15) is 34.8 Å². The Morgan fingerprint density at radius 1 is 1.40 bits per heavy atom. The lowest BCUT2D eigenvalue weighted by Crippen LogP contribution is -2.08. The van der Waals surface area contributed by atoms with Crippen LogP contribution in [0, 0.1) is 31.1 Å². The highest BCUT2D eigenvalue weighted by Gasteiger charge is 2.14. The van der Waals surface area contributed by atoms with Gasteiger partial charge in [-0.1, -0.05) is 18.2 Å². The van der Waals surface area contributed by atoms with E-state index in [1.165, 1.54) is 0 Å². The summed E-state index contributed by atoms with van der Waals surface area (Å²) in [4.78, 5) is 11.9. The van der Waals surface area contributed by atoms with E-state index in [1.807, 2.05) is 32.0 Å². The van der Waals surface area contributed by atoms with Gasteiger partial charge in [-0.05, 0) is 31.9 Å². The molecule has 2 heteroatoms. The molecule has 0 bridgehead atoms. The summed E-state index contributed by atoms with van der Waals surface area (Å²) in [7, 11) is 0. The fraction of sp³-hybridized carbons (Fsp3) is 0.385. The van der Waals surface area contributed by atoms with E-state index < -0.39 is 0 Å². The molecule has 0 saturated carbocycles. The fourth-order valence-corrected chi connectivity index (χ4v) is 1.68. The molecule has 0 aliphatic heterocycles. The van der Waals surface area contributed by atoms with Gasteiger partial charge in [-0.3, -0.25) is 4.79 Å². The highest BCUT2D eigenvalue weighted by Crippen LogP contribution is 2.17. The van der Waals surface area contributed by atoms with E-state index >= 15 is 0 Å². The third kappa shape index (κ3) is 2.66. The van der Waals surface area contributed by atoms with E-state index in [2.05, 4.69) is 6.07 Å². The Labute approximate surface area is 90.5 Å². The molecule has 1 unspecified atom stereocenters. The highest BCUT2D eigenvalue weighted by atomic mass is 16.1. The van der Waals surface area contributed by atoms with Crippen molar-refractivity contribution in [2.24, 2.45) is 5.92 Å². The average molecular weight is 201 g/mol. The first-order chi connectivity index (χ1) is 7.06. The Morgan fingerprint density at radius 2 is 1.93 bits per heavy atom. The van der Waals surface area contributed by atoms with Crippen molar-refractivity contribution in [3.63, 3.8) is 0 Å². The van der Waals surface area contributed by atoms with Gasteiger partial charge in [-0.2, -0.15) is 5.26 Å². The topological polar surface area (TPSA) is 40.9 Å². The van der Waals surface area contributed by atoms with Crippen molar-refractivity contribution < 1.29 is 4.79 Å². The molecule has 0 heterocycles. The molecule has 15 heavy (non-hydrogen) atoms. The molecule has 78 valence electrons. The summed E-state index contributed by atoms with van der Waals surface area (Å²) >= 11 is 0. The molecule has 1 aromatic rings. The molecule has 0 N–H and O–H groups in total. The third-order valence-corrected chi connectivity index (χ3v) is 2.47. The summed E-state index contributed by atoms with van der Waals surface area (Å²) < 4.78 is 0. The third-order valence-electron chi connectivity index (χ3n) is 2.47. The lowest BCUT2D eigenvalue weighted by atomic mass is 9.94. The first kappa shape index (κ1) is 11.5. The van der Waals surface area contributed by atoms with Crippen LogP contribution in [-0.2, 0) is 0 Å². The smallest absolute Gasteiger partial charge is 0.164 e. The van der Waals surface area contributed by atoms with Crippen LogP contribution in [-0.4, -0.2) is 5.78 Å². The van der Waals surface area contributed by atoms with Crippen LogP contribution >= 0.6 is 0 Å².